The smallest absolute Gasteiger partial charge is 0.309 e. The van der Waals surface area contributed by atoms with Gasteiger partial charge in [-0.1, -0.05) is 0 Å². The molecule has 0 amide bonds. The van der Waals surface area contributed by atoms with Crippen LogP contribution in [0.2, 0.25) is 0 Å². The largest absolute Gasteiger partial charge is 0.481 e. The van der Waals surface area contributed by atoms with Crippen LogP contribution < -0.4 is 5.32 Å². The number of nitrogens with zero attached hydrogens (tertiary/aromatic N) is 2. The van der Waals surface area contributed by atoms with Crippen molar-refractivity contribution in [1.29, 1.82) is 0 Å². The van der Waals surface area contributed by atoms with Crippen LogP contribution in [-0.2, 0) is 18.4 Å². The molecule has 1 aromatic carbocycles. The average Bonchev–Trinajstić information content (AvgIpc) is 2.85. The number of carbonyl (C=O) groups is 1. The first kappa shape index (κ1) is 17.1. The van der Waals surface area contributed by atoms with E-state index in [1.165, 1.54) is 12.1 Å². The third kappa shape index (κ3) is 4.39. The van der Waals surface area contributed by atoms with E-state index in [1.807, 2.05) is 13.2 Å². The monoisotopic (exact) mass is 319 g/mol. The van der Waals surface area contributed by atoms with Gasteiger partial charge in [0, 0.05) is 30.9 Å². The van der Waals surface area contributed by atoms with Gasteiger partial charge < -0.3 is 10.4 Å². The van der Waals surface area contributed by atoms with Gasteiger partial charge in [0.2, 0.25) is 0 Å². The molecule has 0 fully saturated rings. The topological polar surface area (TPSA) is 67.2 Å². The number of carboxylic acid groups (broad SMARTS) is 1. The Morgan fingerprint density at radius 2 is 2.00 bits per heavy atom. The van der Waals surface area contributed by atoms with Crippen LogP contribution in [0.15, 0.2) is 30.5 Å². The highest BCUT2D eigenvalue weighted by atomic mass is 19.1. The van der Waals surface area contributed by atoms with Gasteiger partial charge in [-0.05, 0) is 51.1 Å². The van der Waals surface area contributed by atoms with E-state index in [4.69, 9.17) is 5.11 Å². The maximum absolute atomic E-state index is 13.0. The van der Waals surface area contributed by atoms with E-state index >= 15 is 0 Å². The fourth-order valence-corrected chi connectivity index (χ4v) is 2.25. The van der Waals surface area contributed by atoms with Crippen molar-refractivity contribution in [3.8, 4) is 11.3 Å². The molecular weight excluding hydrogens is 297 g/mol. The molecule has 0 spiro atoms. The number of nitrogens with one attached hydrogen (secondary N) is 1. The Morgan fingerprint density at radius 1 is 1.35 bits per heavy atom. The predicted molar refractivity (Wildman–Crippen MR) is 86.3 cm³/mol. The molecule has 0 aliphatic heterocycles. The van der Waals surface area contributed by atoms with Gasteiger partial charge in [-0.15, -0.1) is 0 Å². The molecule has 0 aliphatic carbocycles. The van der Waals surface area contributed by atoms with E-state index in [0.717, 1.165) is 16.8 Å². The minimum absolute atomic E-state index is 0.278. The minimum Gasteiger partial charge on any atom is -0.481 e. The number of aliphatic carboxylic acids is 1. The van der Waals surface area contributed by atoms with E-state index in [1.54, 1.807) is 30.7 Å². The highest BCUT2D eigenvalue weighted by Gasteiger charge is 2.26. The van der Waals surface area contributed by atoms with Crippen molar-refractivity contribution in [2.45, 2.75) is 26.8 Å². The molecule has 124 valence electrons. The zero-order valence-corrected chi connectivity index (χ0v) is 13.6. The molecule has 2 aromatic rings. The van der Waals surface area contributed by atoms with Crippen molar-refractivity contribution in [1.82, 2.24) is 15.1 Å². The maximum Gasteiger partial charge on any atom is 0.309 e. The molecule has 0 bridgehead atoms. The van der Waals surface area contributed by atoms with Crippen molar-refractivity contribution >= 4 is 5.97 Å². The van der Waals surface area contributed by atoms with E-state index < -0.39 is 11.4 Å². The molecule has 6 heteroatoms. The summed E-state index contributed by atoms with van der Waals surface area (Å²) in [7, 11) is 1.84. The highest BCUT2D eigenvalue weighted by molar-refractivity contribution is 5.73. The van der Waals surface area contributed by atoms with Crippen LogP contribution in [0.4, 0.5) is 4.39 Å². The molecule has 0 saturated carbocycles. The molecule has 5 nitrogen and oxygen atoms in total. The van der Waals surface area contributed by atoms with E-state index in [2.05, 4.69) is 10.4 Å². The Morgan fingerprint density at radius 3 is 2.61 bits per heavy atom. The fraction of sp³-hybridized carbons (Fsp3) is 0.412. The summed E-state index contributed by atoms with van der Waals surface area (Å²) >= 11 is 0. The van der Waals surface area contributed by atoms with Crippen molar-refractivity contribution in [2.24, 2.45) is 12.5 Å². The van der Waals surface area contributed by atoms with Gasteiger partial charge >= 0.3 is 5.97 Å². The number of aromatic nitrogens is 2. The lowest BCUT2D eigenvalue weighted by molar-refractivity contribution is -0.147. The Balaban J connectivity index is 2.01. The van der Waals surface area contributed by atoms with Crippen LogP contribution in [0.5, 0.6) is 0 Å². The van der Waals surface area contributed by atoms with Crippen LogP contribution in [0, 0.1) is 11.2 Å². The first-order chi connectivity index (χ1) is 10.8. The molecule has 0 aliphatic rings. The van der Waals surface area contributed by atoms with Gasteiger partial charge in [-0.3, -0.25) is 9.48 Å². The van der Waals surface area contributed by atoms with Crippen LogP contribution in [0.3, 0.4) is 0 Å². The molecule has 0 radical (unpaired) electrons. The number of carboxylic acids is 1. The molecule has 0 atom stereocenters. The van der Waals surface area contributed by atoms with E-state index in [-0.39, 0.29) is 5.82 Å². The van der Waals surface area contributed by atoms with Crippen molar-refractivity contribution in [3.05, 3.63) is 41.8 Å². The first-order valence-corrected chi connectivity index (χ1v) is 7.52. The fourth-order valence-electron chi connectivity index (χ4n) is 2.25. The van der Waals surface area contributed by atoms with Crippen LogP contribution >= 0.6 is 0 Å². The summed E-state index contributed by atoms with van der Waals surface area (Å²) < 4.78 is 14.8. The third-order valence-electron chi connectivity index (χ3n) is 3.84. The number of hydrogen-bond donors (Lipinski definition) is 2. The standard InChI is InChI=1S/C17H22FN3O2/c1-17(2,16(22)23)8-9-19-10-13-11-21(3)20-15(13)12-4-6-14(18)7-5-12/h4-7,11,19H,8-10H2,1-3H3,(H,22,23). The quantitative estimate of drug-likeness (QED) is 0.770. The van der Waals surface area contributed by atoms with E-state index in [0.29, 0.717) is 19.5 Å². The van der Waals surface area contributed by atoms with Crippen LogP contribution in [0.25, 0.3) is 11.3 Å². The van der Waals surface area contributed by atoms with Crippen molar-refractivity contribution in [3.63, 3.8) is 0 Å². The minimum atomic E-state index is -0.798. The molecule has 2 rings (SSSR count). The zero-order chi connectivity index (χ0) is 17.0. The summed E-state index contributed by atoms with van der Waals surface area (Å²) in [6, 6.07) is 6.23. The van der Waals surface area contributed by atoms with Gasteiger partial charge in [0.1, 0.15) is 5.82 Å². The number of halogens is 1. The van der Waals surface area contributed by atoms with Gasteiger partial charge in [0.05, 0.1) is 11.1 Å². The number of benzene rings is 1. The highest BCUT2D eigenvalue weighted by Crippen LogP contribution is 2.23. The molecular formula is C17H22FN3O2. The molecule has 2 N–H and O–H groups in total. The molecule has 23 heavy (non-hydrogen) atoms. The summed E-state index contributed by atoms with van der Waals surface area (Å²) in [5, 5.41) is 16.8. The first-order valence-electron chi connectivity index (χ1n) is 7.52. The SMILES string of the molecule is Cn1cc(CNCCC(C)(C)C(=O)O)c(-c2ccc(F)cc2)n1. The predicted octanol–water partition coefficient (Wildman–Crippen LogP) is 2.82. The number of rotatable bonds is 7. The molecule has 0 unspecified atom stereocenters. The Labute approximate surface area is 135 Å². The van der Waals surface area contributed by atoms with E-state index in [9.17, 15) is 9.18 Å². The summed E-state index contributed by atoms with van der Waals surface area (Å²) in [4.78, 5) is 11.1. The van der Waals surface area contributed by atoms with Crippen LogP contribution in [0.1, 0.15) is 25.8 Å². The lowest BCUT2D eigenvalue weighted by Crippen LogP contribution is -2.28. The van der Waals surface area contributed by atoms with Gasteiger partial charge in [-0.25, -0.2) is 4.39 Å². The second-order valence-corrected chi connectivity index (χ2v) is 6.30. The van der Waals surface area contributed by atoms with Crippen molar-refractivity contribution < 1.29 is 14.3 Å². The van der Waals surface area contributed by atoms with Gasteiger partial charge in [0.25, 0.3) is 0 Å². The normalized spacial score (nSPS) is 11.7. The van der Waals surface area contributed by atoms with Gasteiger partial charge in [0.15, 0.2) is 0 Å². The third-order valence-corrected chi connectivity index (χ3v) is 3.84. The summed E-state index contributed by atoms with van der Waals surface area (Å²) in [5.41, 5.74) is 1.90. The summed E-state index contributed by atoms with van der Waals surface area (Å²) in [5.74, 6) is -1.08. The summed E-state index contributed by atoms with van der Waals surface area (Å²) in [6.45, 7) is 4.60. The Hall–Kier alpha value is -2.21. The maximum atomic E-state index is 13.0. The number of aryl methyl sites for hydroxylation is 1. The summed E-state index contributed by atoms with van der Waals surface area (Å²) in [6.07, 6.45) is 2.45. The Kier molecular flexibility index (Phi) is 5.15. The lowest BCUT2D eigenvalue weighted by atomic mass is 9.90. The molecule has 0 saturated heterocycles. The van der Waals surface area contributed by atoms with Crippen LogP contribution in [-0.4, -0.2) is 27.4 Å². The second-order valence-electron chi connectivity index (χ2n) is 6.30. The molecule has 1 heterocycles. The Bertz CT molecular complexity index is 678. The average molecular weight is 319 g/mol. The van der Waals surface area contributed by atoms with Gasteiger partial charge in [-0.2, -0.15) is 5.10 Å². The van der Waals surface area contributed by atoms with Crippen molar-refractivity contribution in [2.75, 3.05) is 6.54 Å². The second kappa shape index (κ2) is 6.91. The molecule has 1 aromatic heterocycles. The zero-order valence-electron chi connectivity index (χ0n) is 13.6. The lowest BCUT2D eigenvalue weighted by Gasteiger charge is -2.18. The number of hydrogen-bond acceptors (Lipinski definition) is 3.